The van der Waals surface area contributed by atoms with Crippen LogP contribution in [0.4, 0.5) is 0 Å². The molecule has 1 saturated carbocycles. The highest BCUT2D eigenvalue weighted by atomic mass is 15.1. The van der Waals surface area contributed by atoms with Crippen LogP contribution in [-0.4, -0.2) is 37.6 Å². The van der Waals surface area contributed by atoms with Gasteiger partial charge in [-0.25, -0.2) is 0 Å². The summed E-state index contributed by atoms with van der Waals surface area (Å²) in [6, 6.07) is 0. The van der Waals surface area contributed by atoms with Crippen LogP contribution in [0.2, 0.25) is 0 Å². The van der Waals surface area contributed by atoms with Gasteiger partial charge in [0.25, 0.3) is 0 Å². The summed E-state index contributed by atoms with van der Waals surface area (Å²) < 4.78 is 0. The lowest BCUT2D eigenvalue weighted by molar-refractivity contribution is 0.0932. The maximum atomic E-state index is 3.53. The zero-order chi connectivity index (χ0) is 11.7. The molecule has 98 valence electrons. The third-order valence-corrected chi connectivity index (χ3v) is 5.75. The Morgan fingerprint density at radius 3 is 2.35 bits per heavy atom. The lowest BCUT2D eigenvalue weighted by Crippen LogP contribution is -2.42. The molecule has 1 aliphatic carbocycles. The van der Waals surface area contributed by atoms with E-state index in [1.807, 2.05) is 0 Å². The van der Waals surface area contributed by atoms with Crippen LogP contribution >= 0.6 is 0 Å². The van der Waals surface area contributed by atoms with Crippen molar-refractivity contribution in [2.24, 2.45) is 17.3 Å². The normalized spacial score (nSPS) is 37.9. The molecule has 0 bridgehead atoms. The van der Waals surface area contributed by atoms with Crippen molar-refractivity contribution in [3.8, 4) is 0 Å². The Balaban J connectivity index is 1.48. The minimum absolute atomic E-state index is 0.788. The van der Waals surface area contributed by atoms with E-state index in [1.165, 1.54) is 71.2 Å². The molecule has 2 aliphatic heterocycles. The van der Waals surface area contributed by atoms with Gasteiger partial charge >= 0.3 is 0 Å². The van der Waals surface area contributed by atoms with Gasteiger partial charge < -0.3 is 10.2 Å². The van der Waals surface area contributed by atoms with E-state index in [2.05, 4.69) is 17.1 Å². The SMILES string of the molecule is CC1CNCC1CN1CCC2(CCCC2)CC1. The van der Waals surface area contributed by atoms with E-state index in [9.17, 15) is 0 Å². The fourth-order valence-electron chi connectivity index (χ4n) is 4.28. The molecule has 3 rings (SSSR count). The van der Waals surface area contributed by atoms with Crippen LogP contribution in [0.15, 0.2) is 0 Å². The second-order valence-electron chi connectivity index (χ2n) is 6.90. The van der Waals surface area contributed by atoms with Gasteiger partial charge in [0.15, 0.2) is 0 Å². The molecule has 0 aromatic heterocycles. The Morgan fingerprint density at radius 1 is 1.06 bits per heavy atom. The van der Waals surface area contributed by atoms with Gasteiger partial charge in [-0.1, -0.05) is 19.8 Å². The zero-order valence-electron chi connectivity index (χ0n) is 11.4. The first-order chi connectivity index (χ1) is 8.27. The molecule has 0 radical (unpaired) electrons. The monoisotopic (exact) mass is 236 g/mol. The van der Waals surface area contributed by atoms with Crippen LogP contribution in [0.5, 0.6) is 0 Å². The van der Waals surface area contributed by atoms with Crippen LogP contribution in [0.3, 0.4) is 0 Å². The van der Waals surface area contributed by atoms with Gasteiger partial charge in [0.1, 0.15) is 0 Å². The molecule has 2 saturated heterocycles. The minimum atomic E-state index is 0.788. The highest BCUT2D eigenvalue weighted by Gasteiger charge is 2.37. The van der Waals surface area contributed by atoms with Gasteiger partial charge in [-0.3, -0.25) is 0 Å². The number of hydrogen-bond acceptors (Lipinski definition) is 2. The maximum absolute atomic E-state index is 3.53. The van der Waals surface area contributed by atoms with E-state index in [1.54, 1.807) is 0 Å². The third-order valence-electron chi connectivity index (χ3n) is 5.75. The Hall–Kier alpha value is -0.0800. The summed E-state index contributed by atoms with van der Waals surface area (Å²) in [4.78, 5) is 2.75. The van der Waals surface area contributed by atoms with Crippen molar-refractivity contribution in [2.45, 2.75) is 45.4 Å². The zero-order valence-corrected chi connectivity index (χ0v) is 11.4. The minimum Gasteiger partial charge on any atom is -0.316 e. The van der Waals surface area contributed by atoms with Gasteiger partial charge in [0.05, 0.1) is 0 Å². The molecular formula is C15H28N2. The average Bonchev–Trinajstić information content (AvgIpc) is 2.94. The standard InChI is InChI=1S/C15H28N2/c1-13-10-16-11-14(13)12-17-8-6-15(7-9-17)4-2-3-5-15/h13-14,16H,2-12H2,1H3. The van der Waals surface area contributed by atoms with Gasteiger partial charge in [0.2, 0.25) is 0 Å². The molecule has 2 unspecified atom stereocenters. The summed E-state index contributed by atoms with van der Waals surface area (Å²) in [5, 5.41) is 3.53. The maximum Gasteiger partial charge on any atom is 0.00248 e. The summed E-state index contributed by atoms with van der Waals surface area (Å²) in [7, 11) is 0. The van der Waals surface area contributed by atoms with Crippen LogP contribution in [-0.2, 0) is 0 Å². The average molecular weight is 236 g/mol. The molecule has 1 spiro atoms. The van der Waals surface area contributed by atoms with Crippen molar-refractivity contribution in [1.82, 2.24) is 10.2 Å². The molecule has 2 heterocycles. The van der Waals surface area contributed by atoms with E-state index in [-0.39, 0.29) is 0 Å². The quantitative estimate of drug-likeness (QED) is 0.792. The second kappa shape index (κ2) is 4.89. The lowest BCUT2D eigenvalue weighted by atomic mass is 9.77. The van der Waals surface area contributed by atoms with Crippen molar-refractivity contribution < 1.29 is 0 Å². The van der Waals surface area contributed by atoms with Crippen molar-refractivity contribution in [3.63, 3.8) is 0 Å². The van der Waals surface area contributed by atoms with Crippen molar-refractivity contribution in [2.75, 3.05) is 32.7 Å². The lowest BCUT2D eigenvalue weighted by Gasteiger charge is -2.40. The highest BCUT2D eigenvalue weighted by molar-refractivity contribution is 4.91. The predicted molar refractivity (Wildman–Crippen MR) is 72.1 cm³/mol. The van der Waals surface area contributed by atoms with Crippen LogP contribution in [0, 0.1) is 17.3 Å². The number of nitrogens with one attached hydrogen (secondary N) is 1. The van der Waals surface area contributed by atoms with E-state index >= 15 is 0 Å². The summed E-state index contributed by atoms with van der Waals surface area (Å²) in [6.07, 6.45) is 9.04. The van der Waals surface area contributed by atoms with Gasteiger partial charge in [-0.05, 0) is 69.1 Å². The molecule has 0 aromatic rings. The molecule has 3 aliphatic rings. The number of piperidine rings is 1. The van der Waals surface area contributed by atoms with Gasteiger partial charge in [-0.2, -0.15) is 0 Å². The van der Waals surface area contributed by atoms with Crippen LogP contribution in [0.25, 0.3) is 0 Å². The number of nitrogens with zero attached hydrogens (tertiary/aromatic N) is 1. The van der Waals surface area contributed by atoms with Crippen LogP contribution < -0.4 is 5.32 Å². The molecule has 2 nitrogen and oxygen atoms in total. The second-order valence-corrected chi connectivity index (χ2v) is 6.90. The van der Waals surface area contributed by atoms with Gasteiger partial charge in [0, 0.05) is 6.54 Å². The molecule has 17 heavy (non-hydrogen) atoms. The first-order valence-corrected chi connectivity index (χ1v) is 7.71. The summed E-state index contributed by atoms with van der Waals surface area (Å²) in [5.74, 6) is 1.80. The molecule has 0 amide bonds. The van der Waals surface area contributed by atoms with E-state index < -0.39 is 0 Å². The molecule has 0 aromatic carbocycles. The molecular weight excluding hydrogens is 208 g/mol. The predicted octanol–water partition coefficient (Wildman–Crippen LogP) is 2.50. The molecule has 1 N–H and O–H groups in total. The smallest absolute Gasteiger partial charge is 0.00248 e. The van der Waals surface area contributed by atoms with E-state index in [0.717, 1.165) is 17.3 Å². The van der Waals surface area contributed by atoms with E-state index in [0.29, 0.717) is 0 Å². The number of likely N-dealkylation sites (tertiary alicyclic amines) is 1. The van der Waals surface area contributed by atoms with Crippen LogP contribution in [0.1, 0.15) is 45.4 Å². The van der Waals surface area contributed by atoms with E-state index in [4.69, 9.17) is 0 Å². The van der Waals surface area contributed by atoms with Crippen molar-refractivity contribution in [3.05, 3.63) is 0 Å². The number of hydrogen-bond donors (Lipinski definition) is 1. The van der Waals surface area contributed by atoms with Gasteiger partial charge in [-0.15, -0.1) is 0 Å². The Morgan fingerprint density at radius 2 is 1.76 bits per heavy atom. The molecule has 2 heteroatoms. The molecule has 3 fully saturated rings. The van der Waals surface area contributed by atoms with Crippen molar-refractivity contribution in [1.29, 1.82) is 0 Å². The third kappa shape index (κ3) is 2.53. The molecule has 2 atom stereocenters. The highest BCUT2D eigenvalue weighted by Crippen LogP contribution is 2.46. The Labute approximate surface area is 106 Å². The fraction of sp³-hybridized carbons (Fsp3) is 1.00. The fourth-order valence-corrected chi connectivity index (χ4v) is 4.28. The summed E-state index contributed by atoms with van der Waals surface area (Å²) in [6.45, 7) is 9.01. The Bertz CT molecular complexity index is 248. The summed E-state index contributed by atoms with van der Waals surface area (Å²) in [5.41, 5.74) is 0.788. The first-order valence-electron chi connectivity index (χ1n) is 7.71. The van der Waals surface area contributed by atoms with Crippen molar-refractivity contribution >= 4 is 0 Å². The summed E-state index contributed by atoms with van der Waals surface area (Å²) >= 11 is 0. The Kier molecular flexibility index (Phi) is 3.45. The largest absolute Gasteiger partial charge is 0.316 e. The first kappa shape index (κ1) is 12.0. The topological polar surface area (TPSA) is 15.3 Å². The number of rotatable bonds is 2.